The Morgan fingerprint density at radius 2 is 0.974 bits per heavy atom. The van der Waals surface area contributed by atoms with Crippen molar-refractivity contribution in [2.75, 3.05) is 5.32 Å². The third-order valence-corrected chi connectivity index (χ3v) is 7.66. The van der Waals surface area contributed by atoms with Gasteiger partial charge in [0.05, 0.1) is 5.69 Å². The minimum absolute atomic E-state index is 0.876. The Kier molecular flexibility index (Phi) is 4.55. The van der Waals surface area contributed by atoms with Crippen LogP contribution in [0.3, 0.4) is 0 Å². The van der Waals surface area contributed by atoms with Gasteiger partial charge in [-0.05, 0) is 56.3 Å². The van der Waals surface area contributed by atoms with Crippen molar-refractivity contribution >= 4 is 65.6 Å². The van der Waals surface area contributed by atoms with Crippen LogP contribution >= 0.6 is 0 Å². The predicted molar refractivity (Wildman–Crippen MR) is 161 cm³/mol. The maximum Gasteiger partial charge on any atom is 0.158 e. The SMILES string of the molecule is c1ccc2c(-c3cccc4c(Nc5cccc6c5oc5ccc7ccccc7c56)cccc34)cccc2c1. The highest BCUT2D eigenvalue weighted by Crippen LogP contribution is 2.40. The van der Waals surface area contributed by atoms with Crippen LogP contribution in [0.25, 0.3) is 65.4 Å². The molecule has 0 saturated heterocycles. The number of rotatable bonds is 3. The largest absolute Gasteiger partial charge is 0.454 e. The van der Waals surface area contributed by atoms with Crippen LogP contribution in [-0.2, 0) is 0 Å². The predicted octanol–water partition coefficient (Wildman–Crippen LogP) is 10.5. The number of benzene rings is 7. The summed E-state index contributed by atoms with van der Waals surface area (Å²) in [7, 11) is 0. The number of furan rings is 1. The molecule has 0 amide bonds. The number of hydrogen-bond acceptors (Lipinski definition) is 2. The van der Waals surface area contributed by atoms with Crippen molar-refractivity contribution < 1.29 is 4.42 Å². The molecule has 8 rings (SSSR count). The van der Waals surface area contributed by atoms with Gasteiger partial charge in [-0.25, -0.2) is 0 Å². The van der Waals surface area contributed by atoms with E-state index < -0.39 is 0 Å². The molecule has 0 atom stereocenters. The summed E-state index contributed by atoms with van der Waals surface area (Å²) in [6.07, 6.45) is 0. The van der Waals surface area contributed by atoms with Gasteiger partial charge in [0, 0.05) is 21.8 Å². The standard InChI is InChI=1S/C36H23NO/c1-3-12-25-23(9-1)11-5-14-27(25)28-15-6-17-30-29(28)16-7-19-32(30)37-33-20-8-18-31-35-26-13-4-2-10-24(26)21-22-34(35)38-36(31)33/h1-22,37H. The molecule has 0 unspecified atom stereocenters. The van der Waals surface area contributed by atoms with Crippen molar-refractivity contribution in [1.82, 2.24) is 0 Å². The first kappa shape index (κ1) is 21.0. The van der Waals surface area contributed by atoms with Crippen LogP contribution in [-0.4, -0.2) is 0 Å². The second-order valence-electron chi connectivity index (χ2n) is 9.80. The lowest BCUT2D eigenvalue weighted by molar-refractivity contribution is 0.670. The maximum atomic E-state index is 6.45. The third-order valence-electron chi connectivity index (χ3n) is 7.66. The van der Waals surface area contributed by atoms with E-state index in [1.807, 2.05) is 0 Å². The van der Waals surface area contributed by atoms with Crippen molar-refractivity contribution in [2.45, 2.75) is 0 Å². The van der Waals surface area contributed by atoms with Crippen LogP contribution in [0.5, 0.6) is 0 Å². The van der Waals surface area contributed by atoms with E-state index in [0.717, 1.165) is 33.3 Å². The van der Waals surface area contributed by atoms with Gasteiger partial charge in [0.2, 0.25) is 0 Å². The van der Waals surface area contributed by atoms with Gasteiger partial charge in [-0.1, -0.05) is 115 Å². The number of para-hydroxylation sites is 1. The summed E-state index contributed by atoms with van der Waals surface area (Å²) < 4.78 is 6.45. The van der Waals surface area contributed by atoms with E-state index >= 15 is 0 Å². The van der Waals surface area contributed by atoms with Gasteiger partial charge >= 0.3 is 0 Å². The summed E-state index contributed by atoms with van der Waals surface area (Å²) >= 11 is 0. The van der Waals surface area contributed by atoms with E-state index in [1.54, 1.807) is 0 Å². The number of nitrogens with one attached hydrogen (secondary N) is 1. The molecule has 0 saturated carbocycles. The summed E-state index contributed by atoms with van der Waals surface area (Å²) in [4.78, 5) is 0. The van der Waals surface area contributed by atoms with Crippen LogP contribution < -0.4 is 5.32 Å². The summed E-state index contributed by atoms with van der Waals surface area (Å²) in [5, 5.41) is 13.4. The highest BCUT2D eigenvalue weighted by Gasteiger charge is 2.15. The second-order valence-corrected chi connectivity index (χ2v) is 9.80. The van der Waals surface area contributed by atoms with Gasteiger partial charge in [-0.2, -0.15) is 0 Å². The van der Waals surface area contributed by atoms with Crippen molar-refractivity contribution in [1.29, 1.82) is 0 Å². The summed E-state index contributed by atoms with van der Waals surface area (Å²) in [5.41, 5.74) is 6.28. The first-order valence-electron chi connectivity index (χ1n) is 12.9. The van der Waals surface area contributed by atoms with Gasteiger partial charge in [0.15, 0.2) is 5.58 Å². The molecule has 178 valence electrons. The molecule has 0 aliphatic rings. The molecule has 0 fully saturated rings. The Labute approximate surface area is 219 Å². The zero-order valence-electron chi connectivity index (χ0n) is 20.6. The van der Waals surface area contributed by atoms with E-state index in [9.17, 15) is 0 Å². The molecule has 0 spiro atoms. The van der Waals surface area contributed by atoms with Gasteiger partial charge in [-0.3, -0.25) is 0 Å². The van der Waals surface area contributed by atoms with Crippen LogP contribution in [0.4, 0.5) is 11.4 Å². The molecule has 0 radical (unpaired) electrons. The fourth-order valence-electron chi connectivity index (χ4n) is 5.93. The number of hydrogen-bond donors (Lipinski definition) is 1. The fraction of sp³-hybridized carbons (Fsp3) is 0. The smallest absolute Gasteiger partial charge is 0.158 e. The molecule has 0 bridgehead atoms. The quantitative estimate of drug-likeness (QED) is 0.269. The second kappa shape index (κ2) is 8.22. The topological polar surface area (TPSA) is 25.2 Å². The lowest BCUT2D eigenvalue weighted by Crippen LogP contribution is -1.93. The summed E-state index contributed by atoms with van der Waals surface area (Å²) in [6.45, 7) is 0. The summed E-state index contributed by atoms with van der Waals surface area (Å²) in [5.74, 6) is 0. The molecule has 0 aliphatic heterocycles. The third kappa shape index (κ3) is 3.14. The maximum absolute atomic E-state index is 6.45. The molecular formula is C36H23NO. The molecule has 8 aromatic rings. The molecule has 7 aromatic carbocycles. The minimum atomic E-state index is 0.876. The van der Waals surface area contributed by atoms with Gasteiger partial charge < -0.3 is 9.73 Å². The Balaban J connectivity index is 1.31. The fourth-order valence-corrected chi connectivity index (χ4v) is 5.93. The average Bonchev–Trinajstić information content (AvgIpc) is 3.37. The molecule has 2 heteroatoms. The zero-order valence-corrected chi connectivity index (χ0v) is 20.6. The molecule has 1 heterocycles. The molecule has 0 aliphatic carbocycles. The van der Waals surface area contributed by atoms with Crippen molar-refractivity contribution in [3.63, 3.8) is 0 Å². The van der Waals surface area contributed by atoms with Crippen LogP contribution in [0.1, 0.15) is 0 Å². The first-order valence-corrected chi connectivity index (χ1v) is 12.9. The van der Waals surface area contributed by atoms with Crippen molar-refractivity contribution in [2.24, 2.45) is 0 Å². The highest BCUT2D eigenvalue weighted by atomic mass is 16.3. The molecular weight excluding hydrogens is 462 g/mol. The Bertz CT molecular complexity index is 2160. The van der Waals surface area contributed by atoms with Crippen LogP contribution in [0.2, 0.25) is 0 Å². The van der Waals surface area contributed by atoms with Crippen LogP contribution in [0.15, 0.2) is 138 Å². The minimum Gasteiger partial charge on any atom is -0.454 e. The monoisotopic (exact) mass is 485 g/mol. The normalized spacial score (nSPS) is 11.7. The lowest BCUT2D eigenvalue weighted by Gasteiger charge is -2.14. The first-order chi connectivity index (χ1) is 18.8. The van der Waals surface area contributed by atoms with E-state index in [4.69, 9.17) is 4.42 Å². The molecule has 2 nitrogen and oxygen atoms in total. The molecule has 1 aromatic heterocycles. The highest BCUT2D eigenvalue weighted by molar-refractivity contribution is 6.21. The average molecular weight is 486 g/mol. The van der Waals surface area contributed by atoms with Gasteiger partial charge in [-0.15, -0.1) is 0 Å². The summed E-state index contributed by atoms with van der Waals surface area (Å²) in [6, 6.07) is 47.2. The van der Waals surface area contributed by atoms with E-state index in [0.29, 0.717) is 0 Å². The van der Waals surface area contributed by atoms with Gasteiger partial charge in [0.1, 0.15) is 5.58 Å². The molecule has 38 heavy (non-hydrogen) atoms. The number of fused-ring (bicyclic) bond motifs is 7. The lowest BCUT2D eigenvalue weighted by atomic mass is 9.93. The van der Waals surface area contributed by atoms with Crippen molar-refractivity contribution in [3.05, 3.63) is 133 Å². The van der Waals surface area contributed by atoms with E-state index in [-0.39, 0.29) is 0 Å². The Morgan fingerprint density at radius 1 is 0.395 bits per heavy atom. The van der Waals surface area contributed by atoms with Crippen molar-refractivity contribution in [3.8, 4) is 11.1 Å². The Hall–Kier alpha value is -5.08. The Morgan fingerprint density at radius 3 is 1.84 bits per heavy atom. The van der Waals surface area contributed by atoms with E-state index in [1.165, 1.54) is 43.4 Å². The van der Waals surface area contributed by atoms with Gasteiger partial charge in [0.25, 0.3) is 0 Å². The van der Waals surface area contributed by atoms with E-state index in [2.05, 4.69) is 139 Å². The number of anilines is 2. The molecule has 1 N–H and O–H groups in total. The zero-order chi connectivity index (χ0) is 25.1. The van der Waals surface area contributed by atoms with Crippen LogP contribution in [0, 0.1) is 0 Å².